The van der Waals surface area contributed by atoms with Crippen LogP contribution in [0.15, 0.2) is 34.7 Å². The van der Waals surface area contributed by atoms with Crippen molar-refractivity contribution in [3.8, 4) is 11.5 Å². The summed E-state index contributed by atoms with van der Waals surface area (Å²) in [4.78, 5) is 18.7. The van der Waals surface area contributed by atoms with Gasteiger partial charge in [-0.3, -0.25) is 4.79 Å². The van der Waals surface area contributed by atoms with Gasteiger partial charge in [0.15, 0.2) is 9.84 Å². The number of rotatable bonds is 2. The molecule has 25 heavy (non-hydrogen) atoms. The standard InChI is InChI=1S/C18H22N2O4S/c1-13-15(24-16(19-13)14-7-5-4-6-8-14)17(21)20-10-9-18(2,3)25(22,23)12-11-20/h4-8H,9-12H2,1-3H3. The van der Waals surface area contributed by atoms with Crippen LogP contribution in [0, 0.1) is 6.92 Å². The topological polar surface area (TPSA) is 80.5 Å². The number of nitrogens with zero attached hydrogens (tertiary/aromatic N) is 2. The molecule has 1 fully saturated rings. The summed E-state index contributed by atoms with van der Waals surface area (Å²) in [5, 5.41) is 0. The van der Waals surface area contributed by atoms with Gasteiger partial charge in [-0.2, -0.15) is 0 Å². The average molecular weight is 362 g/mol. The molecular formula is C18H22N2O4S. The summed E-state index contributed by atoms with van der Waals surface area (Å²) in [5.74, 6) is 0.227. The third kappa shape index (κ3) is 3.33. The van der Waals surface area contributed by atoms with Crippen molar-refractivity contribution in [1.82, 2.24) is 9.88 Å². The first-order valence-electron chi connectivity index (χ1n) is 8.26. The molecule has 3 rings (SSSR count). The number of hydrogen-bond acceptors (Lipinski definition) is 5. The monoisotopic (exact) mass is 362 g/mol. The van der Waals surface area contributed by atoms with E-state index in [9.17, 15) is 13.2 Å². The van der Waals surface area contributed by atoms with Gasteiger partial charge in [0.05, 0.1) is 16.2 Å². The van der Waals surface area contributed by atoms with Crippen LogP contribution in [0.25, 0.3) is 11.5 Å². The Morgan fingerprint density at radius 3 is 2.56 bits per heavy atom. The molecule has 7 heteroatoms. The number of hydrogen-bond donors (Lipinski definition) is 0. The number of amides is 1. The Kier molecular flexibility index (Phi) is 4.45. The molecule has 1 aromatic heterocycles. The number of aryl methyl sites for hydroxylation is 1. The second kappa shape index (κ2) is 6.29. The molecule has 6 nitrogen and oxygen atoms in total. The van der Waals surface area contributed by atoms with Gasteiger partial charge >= 0.3 is 0 Å². The van der Waals surface area contributed by atoms with Crippen molar-refractivity contribution in [3.63, 3.8) is 0 Å². The lowest BCUT2D eigenvalue weighted by molar-refractivity contribution is 0.0732. The van der Waals surface area contributed by atoms with Gasteiger partial charge in [0.2, 0.25) is 11.7 Å². The van der Waals surface area contributed by atoms with Crippen molar-refractivity contribution in [2.75, 3.05) is 18.8 Å². The van der Waals surface area contributed by atoms with Gasteiger partial charge in [0, 0.05) is 18.7 Å². The quantitative estimate of drug-likeness (QED) is 0.820. The first-order chi connectivity index (χ1) is 11.7. The number of sulfone groups is 1. The van der Waals surface area contributed by atoms with Crippen molar-refractivity contribution in [1.29, 1.82) is 0 Å². The predicted octanol–water partition coefficient (Wildman–Crippen LogP) is 2.69. The van der Waals surface area contributed by atoms with E-state index in [-0.39, 0.29) is 24.0 Å². The van der Waals surface area contributed by atoms with Crippen LogP contribution in [-0.2, 0) is 9.84 Å². The Hall–Kier alpha value is -2.15. The molecule has 0 saturated carbocycles. The molecular weight excluding hydrogens is 340 g/mol. The van der Waals surface area contributed by atoms with E-state index >= 15 is 0 Å². The summed E-state index contributed by atoms with van der Waals surface area (Å²) in [6.07, 6.45) is 0.403. The zero-order chi connectivity index (χ0) is 18.2. The van der Waals surface area contributed by atoms with E-state index < -0.39 is 14.6 Å². The molecule has 0 radical (unpaired) electrons. The van der Waals surface area contributed by atoms with Crippen LogP contribution in [-0.4, -0.2) is 47.8 Å². The van der Waals surface area contributed by atoms with E-state index in [0.29, 0.717) is 24.6 Å². The van der Waals surface area contributed by atoms with Gasteiger partial charge < -0.3 is 9.32 Å². The Morgan fingerprint density at radius 2 is 1.88 bits per heavy atom. The number of oxazole rings is 1. The maximum absolute atomic E-state index is 12.8. The molecule has 0 N–H and O–H groups in total. The van der Waals surface area contributed by atoms with E-state index in [0.717, 1.165) is 5.56 Å². The summed E-state index contributed by atoms with van der Waals surface area (Å²) in [6.45, 7) is 5.70. The van der Waals surface area contributed by atoms with Gasteiger partial charge in [-0.1, -0.05) is 18.2 Å². The predicted molar refractivity (Wildman–Crippen MR) is 95.1 cm³/mol. The van der Waals surface area contributed by atoms with Gasteiger partial charge in [-0.15, -0.1) is 0 Å². The normalized spacial score (nSPS) is 19.4. The Labute approximate surface area is 147 Å². The second-order valence-corrected chi connectivity index (χ2v) is 9.66. The number of carbonyl (C=O) groups is 1. The molecule has 0 unspecified atom stereocenters. The van der Waals surface area contributed by atoms with Crippen LogP contribution < -0.4 is 0 Å². The fraction of sp³-hybridized carbons (Fsp3) is 0.444. The van der Waals surface area contributed by atoms with Crippen molar-refractivity contribution < 1.29 is 17.6 Å². The highest BCUT2D eigenvalue weighted by atomic mass is 32.2. The minimum atomic E-state index is -3.23. The molecule has 2 aromatic rings. The fourth-order valence-electron chi connectivity index (χ4n) is 2.82. The average Bonchev–Trinajstić information content (AvgIpc) is 2.92. The molecule has 0 aliphatic carbocycles. The van der Waals surface area contributed by atoms with E-state index in [4.69, 9.17) is 4.42 Å². The Balaban J connectivity index is 1.86. The first-order valence-corrected chi connectivity index (χ1v) is 9.91. The summed E-state index contributed by atoms with van der Waals surface area (Å²) in [6, 6.07) is 9.36. The highest BCUT2D eigenvalue weighted by Crippen LogP contribution is 2.27. The van der Waals surface area contributed by atoms with Crippen LogP contribution in [0.3, 0.4) is 0 Å². The van der Waals surface area contributed by atoms with Crippen molar-refractivity contribution >= 4 is 15.7 Å². The lowest BCUT2D eigenvalue weighted by atomic mass is 10.1. The fourth-order valence-corrected chi connectivity index (χ4v) is 4.24. The molecule has 1 amide bonds. The van der Waals surface area contributed by atoms with Gasteiger partial charge in [0.25, 0.3) is 5.91 Å². The van der Waals surface area contributed by atoms with Gasteiger partial charge in [-0.25, -0.2) is 13.4 Å². The zero-order valence-electron chi connectivity index (χ0n) is 14.7. The van der Waals surface area contributed by atoms with E-state index in [1.807, 2.05) is 30.3 Å². The number of carbonyl (C=O) groups excluding carboxylic acids is 1. The molecule has 1 aromatic carbocycles. The molecule has 0 bridgehead atoms. The molecule has 2 heterocycles. The summed E-state index contributed by atoms with van der Waals surface area (Å²) in [7, 11) is -3.23. The van der Waals surface area contributed by atoms with Crippen LogP contribution in [0.2, 0.25) is 0 Å². The van der Waals surface area contributed by atoms with E-state index in [2.05, 4.69) is 4.98 Å². The largest absolute Gasteiger partial charge is 0.431 e. The zero-order valence-corrected chi connectivity index (χ0v) is 15.5. The molecule has 1 aliphatic heterocycles. The van der Waals surface area contributed by atoms with Crippen LogP contribution in [0.1, 0.15) is 36.5 Å². The van der Waals surface area contributed by atoms with Crippen molar-refractivity contribution in [2.24, 2.45) is 0 Å². The summed E-state index contributed by atoms with van der Waals surface area (Å²) in [5.41, 5.74) is 1.31. The van der Waals surface area contributed by atoms with Crippen LogP contribution in [0.4, 0.5) is 0 Å². The maximum Gasteiger partial charge on any atom is 0.291 e. The highest BCUT2D eigenvalue weighted by molar-refractivity contribution is 7.92. The van der Waals surface area contributed by atoms with Gasteiger partial charge in [-0.05, 0) is 39.3 Å². The Morgan fingerprint density at radius 1 is 1.20 bits per heavy atom. The molecule has 0 atom stereocenters. The maximum atomic E-state index is 12.8. The number of benzene rings is 1. The Bertz CT molecular complexity index is 885. The lowest BCUT2D eigenvalue weighted by Crippen LogP contribution is -2.33. The lowest BCUT2D eigenvalue weighted by Gasteiger charge is -2.22. The first kappa shape index (κ1) is 17.7. The van der Waals surface area contributed by atoms with Crippen LogP contribution >= 0.6 is 0 Å². The van der Waals surface area contributed by atoms with Crippen molar-refractivity contribution in [3.05, 3.63) is 41.8 Å². The molecule has 1 saturated heterocycles. The summed E-state index contributed by atoms with van der Waals surface area (Å²) >= 11 is 0. The summed E-state index contributed by atoms with van der Waals surface area (Å²) < 4.78 is 29.5. The number of aromatic nitrogens is 1. The molecule has 134 valence electrons. The molecule has 1 aliphatic rings. The van der Waals surface area contributed by atoms with Crippen molar-refractivity contribution in [2.45, 2.75) is 31.9 Å². The molecule has 0 spiro atoms. The third-order valence-electron chi connectivity index (χ3n) is 4.75. The van der Waals surface area contributed by atoms with E-state index in [1.165, 1.54) is 0 Å². The van der Waals surface area contributed by atoms with Gasteiger partial charge in [0.1, 0.15) is 0 Å². The minimum absolute atomic E-state index is 0.0372. The highest BCUT2D eigenvalue weighted by Gasteiger charge is 2.38. The smallest absolute Gasteiger partial charge is 0.291 e. The van der Waals surface area contributed by atoms with Crippen LogP contribution in [0.5, 0.6) is 0 Å². The SMILES string of the molecule is Cc1nc(-c2ccccc2)oc1C(=O)N1CCC(C)(C)S(=O)(=O)CC1. The third-order valence-corrected chi connectivity index (χ3v) is 7.36. The minimum Gasteiger partial charge on any atom is -0.431 e. The van der Waals surface area contributed by atoms with E-state index in [1.54, 1.807) is 25.7 Å². The second-order valence-electron chi connectivity index (χ2n) is 6.92.